The van der Waals surface area contributed by atoms with E-state index in [-0.39, 0.29) is 65.6 Å². The second kappa shape index (κ2) is 28.8. The second-order valence-electron chi connectivity index (χ2n) is 17.9. The first-order valence-corrected chi connectivity index (χ1v) is 30.9. The molecule has 2 fully saturated rings. The first-order chi connectivity index (χ1) is 37.7. The molecule has 7 N–H and O–H groups in total. The molecular formula is C47H56N7O21S5-3. The molecule has 2 saturated heterocycles. The lowest BCUT2D eigenvalue weighted by atomic mass is 10.0. The summed E-state index contributed by atoms with van der Waals surface area (Å²) in [7, 11) is -20.9. The second-order valence-corrected chi connectivity index (χ2v) is 23.7. The van der Waals surface area contributed by atoms with Crippen LogP contribution in [-0.2, 0) is 88.8 Å². The van der Waals surface area contributed by atoms with Crippen LogP contribution in [0.2, 0.25) is 0 Å². The number of nitrogens with zero attached hydrogens (tertiary/aromatic N) is 1. The van der Waals surface area contributed by atoms with Crippen molar-refractivity contribution in [2.75, 3.05) is 69.5 Å². The molecular weight excluding hydrogens is 1160 g/mol. The van der Waals surface area contributed by atoms with Crippen molar-refractivity contribution in [3.8, 4) is 0 Å². The Hall–Kier alpha value is -5.76. The summed E-state index contributed by atoms with van der Waals surface area (Å²) in [6, 6.07) is 21.3. The Balaban J connectivity index is 1.02. The average molecular weight is 1220 g/mol. The zero-order valence-corrected chi connectivity index (χ0v) is 46.2. The predicted molar refractivity (Wildman–Crippen MR) is 281 cm³/mol. The van der Waals surface area contributed by atoms with Gasteiger partial charge in [-0.15, -0.1) is 11.8 Å². The summed E-state index contributed by atoms with van der Waals surface area (Å²) in [4.78, 5) is 55.9. The lowest BCUT2D eigenvalue weighted by molar-refractivity contribution is -0.200. The van der Waals surface area contributed by atoms with E-state index in [9.17, 15) is 66.5 Å². The van der Waals surface area contributed by atoms with Crippen molar-refractivity contribution in [1.82, 2.24) is 20.3 Å². The molecule has 6 atom stereocenters. The fourth-order valence-corrected chi connectivity index (χ4v) is 11.7. The summed E-state index contributed by atoms with van der Waals surface area (Å²) in [6.07, 6.45) is -5.36. The number of nitrogens with two attached hydrogens (primary N) is 1. The van der Waals surface area contributed by atoms with Crippen molar-refractivity contribution in [1.29, 1.82) is 5.41 Å². The van der Waals surface area contributed by atoms with E-state index < -0.39 is 115 Å². The summed E-state index contributed by atoms with van der Waals surface area (Å²) in [5.41, 5.74) is 7.17. The molecule has 28 nitrogen and oxygen atoms in total. The minimum absolute atomic E-state index is 0.0413. The Morgan fingerprint density at radius 3 is 2.08 bits per heavy atom. The number of thioether (sulfide) groups is 1. The SMILES string of the molecule is N=C(N)c1ccc(CC(NC(=O)[C@H](CSCC(=O)Nc2ccc(C(=O)NCCOCCO[C@@H]3C(COS(=O)(=O)[O-])OCC(OS(=O)(=O)[O-])[C@@H]3OS(=O)(=O)[O-])cc2)NS(=O)(=O)c2ccc3ccccc3c2)C(=O)N2CCCCC2)cc1. The first kappa shape index (κ1) is 63.4. The fraction of sp³-hybridized carbons (Fsp3) is 0.426. The Morgan fingerprint density at radius 1 is 0.762 bits per heavy atom. The number of nitrogen functional groups attached to an aromatic ring is 1. The van der Waals surface area contributed by atoms with Gasteiger partial charge in [0.2, 0.25) is 58.9 Å². The molecule has 0 spiro atoms. The minimum Gasteiger partial charge on any atom is -0.726 e. The molecule has 438 valence electrons. The van der Waals surface area contributed by atoms with Gasteiger partial charge in [0.25, 0.3) is 5.91 Å². The molecule has 2 aliphatic rings. The molecule has 3 unspecified atom stereocenters. The van der Waals surface area contributed by atoms with E-state index >= 15 is 0 Å². The Bertz CT molecular complexity index is 3280. The number of anilines is 1. The number of likely N-dealkylation sites (tertiary alicyclic amines) is 1. The number of fused-ring (bicyclic) bond motifs is 1. The zero-order valence-electron chi connectivity index (χ0n) is 42.2. The zero-order chi connectivity index (χ0) is 58.3. The fourth-order valence-electron chi connectivity index (χ4n) is 8.29. The third-order valence-corrected chi connectivity index (χ3v) is 15.9. The number of amidine groups is 1. The third-order valence-electron chi connectivity index (χ3n) is 12.0. The number of piperidine rings is 1. The number of carbonyl (C=O) groups excluding carboxylic acids is 4. The lowest BCUT2D eigenvalue weighted by Gasteiger charge is -2.41. The highest BCUT2D eigenvalue weighted by molar-refractivity contribution is 8.00. The third kappa shape index (κ3) is 20.3. The molecule has 6 rings (SSSR count). The molecule has 80 heavy (non-hydrogen) atoms. The van der Waals surface area contributed by atoms with E-state index in [4.69, 9.17) is 25.4 Å². The van der Waals surface area contributed by atoms with Crippen LogP contribution in [0.25, 0.3) is 10.8 Å². The van der Waals surface area contributed by atoms with Crippen LogP contribution >= 0.6 is 11.8 Å². The molecule has 0 saturated carbocycles. The molecule has 4 amide bonds. The summed E-state index contributed by atoms with van der Waals surface area (Å²) in [6.45, 7) is -2.25. The topological polar surface area (TPSA) is 431 Å². The highest BCUT2D eigenvalue weighted by Gasteiger charge is 2.46. The van der Waals surface area contributed by atoms with Crippen LogP contribution in [0.15, 0.2) is 95.9 Å². The van der Waals surface area contributed by atoms with Gasteiger partial charge < -0.3 is 54.5 Å². The van der Waals surface area contributed by atoms with Gasteiger partial charge in [-0.1, -0.05) is 54.6 Å². The lowest BCUT2D eigenvalue weighted by Crippen LogP contribution is -2.58. The van der Waals surface area contributed by atoms with Crippen LogP contribution in [0.1, 0.15) is 40.7 Å². The molecule has 0 aromatic heterocycles. The van der Waals surface area contributed by atoms with Crippen molar-refractivity contribution in [2.24, 2.45) is 5.73 Å². The number of carbonyl (C=O) groups is 4. The number of nitrogens with one attached hydrogen (secondary N) is 5. The summed E-state index contributed by atoms with van der Waals surface area (Å²) in [5.74, 6) is -2.95. The van der Waals surface area contributed by atoms with Crippen LogP contribution < -0.4 is 26.4 Å². The van der Waals surface area contributed by atoms with Gasteiger partial charge in [-0.3, -0.25) is 37.1 Å². The quantitative estimate of drug-likeness (QED) is 0.0132. The van der Waals surface area contributed by atoms with Crippen LogP contribution in [0, 0.1) is 5.41 Å². The van der Waals surface area contributed by atoms with E-state index in [1.165, 1.54) is 36.4 Å². The average Bonchev–Trinajstić information content (AvgIpc) is 3.39. The van der Waals surface area contributed by atoms with Crippen molar-refractivity contribution in [3.05, 3.63) is 108 Å². The number of sulfonamides is 1. The molecule has 0 aliphatic carbocycles. The normalized spacial score (nSPS) is 18.9. The number of benzene rings is 4. The Morgan fingerprint density at radius 2 is 1.43 bits per heavy atom. The number of amides is 4. The van der Waals surface area contributed by atoms with Gasteiger partial charge >= 0.3 is 0 Å². The number of ether oxygens (including phenoxy) is 3. The molecule has 0 radical (unpaired) electrons. The maximum absolute atomic E-state index is 14.3. The standard InChI is InChI=1S/C47H59N7O21S5/c48-44(49)32-10-8-30(9-11-32)24-37(47(58)54-19-4-1-5-20-54)52-46(57)38(53-77(59,60)36-17-14-31-6-2-3-7-34(31)25-36)28-76-29-41(55)51-35-15-12-33(13-16-35)45(56)50-18-21-70-22-23-71-42-39(27-73-78(61,62)63)72-26-40(74-79(64,65)66)43(42)75-80(67,68)69/h2-3,6-17,25,37-40,42-43,53H,1,4-5,18-24,26-29H2,(H3,48,49)(H,50,56)(H,51,55)(H,52,57)(H,61,62,63)(H,64,65,66)(H,67,68,69)/p-3/t37?,38-,39?,40?,42+,43-/m0/s1. The van der Waals surface area contributed by atoms with Crippen LogP contribution in [0.4, 0.5) is 5.69 Å². The smallest absolute Gasteiger partial charge is 0.251 e. The van der Waals surface area contributed by atoms with Crippen molar-refractivity contribution < 1.29 is 93.3 Å². The minimum atomic E-state index is -5.65. The van der Waals surface area contributed by atoms with E-state index in [0.717, 1.165) is 36.4 Å². The predicted octanol–water partition coefficient (Wildman–Crippen LogP) is -0.419. The first-order valence-electron chi connectivity index (χ1n) is 24.2. The summed E-state index contributed by atoms with van der Waals surface area (Å²) < 4.78 is 160. The molecule has 2 aliphatic heterocycles. The molecule has 4 aromatic carbocycles. The van der Waals surface area contributed by atoms with Gasteiger partial charge in [-0.25, -0.2) is 33.7 Å². The maximum Gasteiger partial charge on any atom is 0.251 e. The maximum atomic E-state index is 14.3. The monoisotopic (exact) mass is 1210 g/mol. The van der Waals surface area contributed by atoms with Crippen molar-refractivity contribution in [3.63, 3.8) is 0 Å². The van der Waals surface area contributed by atoms with Gasteiger partial charge in [0.05, 0.1) is 43.7 Å². The molecule has 4 aromatic rings. The van der Waals surface area contributed by atoms with Crippen LogP contribution in [0.3, 0.4) is 0 Å². The number of hydrogen-bond donors (Lipinski definition) is 6. The highest BCUT2D eigenvalue weighted by Crippen LogP contribution is 2.27. The van der Waals surface area contributed by atoms with Gasteiger partial charge in [0, 0.05) is 48.6 Å². The molecule has 33 heteroatoms. The van der Waals surface area contributed by atoms with E-state index in [1.54, 1.807) is 53.4 Å². The van der Waals surface area contributed by atoms with E-state index in [0.29, 0.717) is 29.6 Å². The molecule has 0 bridgehead atoms. The number of rotatable bonds is 29. The van der Waals surface area contributed by atoms with Gasteiger partial charge in [-0.05, 0) is 72.0 Å². The van der Waals surface area contributed by atoms with Crippen LogP contribution in [-0.4, -0.2) is 182 Å². The Kier molecular flexibility index (Phi) is 22.8. The van der Waals surface area contributed by atoms with Gasteiger partial charge in [-0.2, -0.15) is 4.72 Å². The summed E-state index contributed by atoms with van der Waals surface area (Å²) in [5, 5.41) is 17.2. The van der Waals surface area contributed by atoms with Gasteiger partial charge in [0.1, 0.15) is 42.3 Å². The van der Waals surface area contributed by atoms with Gasteiger partial charge in [0.15, 0.2) is 0 Å². The summed E-state index contributed by atoms with van der Waals surface area (Å²) >= 11 is 0.939. The molecule has 2 heterocycles. The van der Waals surface area contributed by atoms with E-state index in [2.05, 4.69) is 33.2 Å². The van der Waals surface area contributed by atoms with E-state index in [1.807, 2.05) is 6.07 Å². The highest BCUT2D eigenvalue weighted by atomic mass is 32.3. The van der Waals surface area contributed by atoms with Crippen molar-refractivity contribution in [2.45, 2.75) is 67.1 Å². The van der Waals surface area contributed by atoms with Crippen LogP contribution in [0.5, 0.6) is 0 Å². The largest absolute Gasteiger partial charge is 0.726 e. The number of hydrogen-bond acceptors (Lipinski definition) is 23. The Labute approximate surface area is 465 Å². The van der Waals surface area contributed by atoms with Crippen molar-refractivity contribution >= 4 is 98.9 Å².